The van der Waals surface area contributed by atoms with Crippen molar-refractivity contribution >= 4 is 34.7 Å². The number of allylic oxidation sites excluding steroid dienone is 1. The van der Waals surface area contributed by atoms with Crippen molar-refractivity contribution in [2.45, 2.75) is 46.3 Å². The minimum absolute atomic E-state index is 0.0335. The normalized spacial score (nSPS) is 19.2. The van der Waals surface area contributed by atoms with Gasteiger partial charge in [0.25, 0.3) is 5.91 Å². The molecule has 0 radical (unpaired) electrons. The van der Waals surface area contributed by atoms with E-state index < -0.39 is 12.0 Å². The maximum absolute atomic E-state index is 13.4. The molecule has 0 N–H and O–H groups in total. The number of amidine groups is 1. The van der Waals surface area contributed by atoms with Crippen LogP contribution in [0.4, 0.5) is 0 Å². The summed E-state index contributed by atoms with van der Waals surface area (Å²) in [6, 6.07) is 10.9. The second kappa shape index (κ2) is 11.1. The molecule has 1 atom stereocenters. The number of hydrogen-bond donors (Lipinski definition) is 0. The number of benzene rings is 1. The van der Waals surface area contributed by atoms with Gasteiger partial charge in [-0.25, -0.2) is 9.79 Å². The van der Waals surface area contributed by atoms with Crippen LogP contribution in [0.2, 0.25) is 0 Å². The molecule has 1 saturated heterocycles. The lowest BCUT2D eigenvalue weighted by Gasteiger charge is -2.38. The number of thioether (sulfide) groups is 1. The molecular weight excluding hydrogens is 516 g/mol. The number of amides is 2. The average molecular weight is 549 g/mol. The lowest BCUT2D eigenvalue weighted by molar-refractivity contribution is -0.143. The molecule has 0 spiro atoms. The first kappa shape index (κ1) is 26.8. The highest BCUT2D eigenvalue weighted by atomic mass is 32.2. The lowest BCUT2D eigenvalue weighted by Crippen LogP contribution is -2.50. The van der Waals surface area contributed by atoms with Crippen LogP contribution in [0.1, 0.15) is 54.9 Å². The van der Waals surface area contributed by atoms with E-state index in [1.54, 1.807) is 21.9 Å². The first-order chi connectivity index (χ1) is 18.7. The Hall–Kier alpha value is -3.79. The summed E-state index contributed by atoms with van der Waals surface area (Å²) >= 11 is 1.45. The number of furan rings is 1. The quantitative estimate of drug-likeness (QED) is 0.491. The van der Waals surface area contributed by atoms with Crippen molar-refractivity contribution in [3.8, 4) is 0 Å². The SMILES string of the molecule is CC1=C(C(=O)OC(C)C)C(c2cccc(C)c2)N2C(CC(=O)N3CCN(C(=O)c4ccco4)CC3)=CSC2=N1. The topological polar surface area (TPSA) is 95.7 Å². The molecule has 3 aliphatic rings. The van der Waals surface area contributed by atoms with Crippen molar-refractivity contribution in [3.05, 3.63) is 81.9 Å². The summed E-state index contributed by atoms with van der Waals surface area (Å²) in [6.45, 7) is 9.26. The predicted molar refractivity (Wildman–Crippen MR) is 149 cm³/mol. The number of aliphatic imine (C=N–C) groups is 1. The second-order valence-corrected chi connectivity index (χ2v) is 10.9. The van der Waals surface area contributed by atoms with Gasteiger partial charge in [0.1, 0.15) is 0 Å². The molecule has 39 heavy (non-hydrogen) atoms. The van der Waals surface area contributed by atoms with Gasteiger partial charge < -0.3 is 23.9 Å². The highest BCUT2D eigenvalue weighted by molar-refractivity contribution is 8.16. The van der Waals surface area contributed by atoms with Crippen LogP contribution in [0.15, 0.2) is 74.4 Å². The summed E-state index contributed by atoms with van der Waals surface area (Å²) in [5.74, 6) is -0.303. The molecule has 4 heterocycles. The highest BCUT2D eigenvalue weighted by Crippen LogP contribution is 2.45. The summed E-state index contributed by atoms with van der Waals surface area (Å²) < 4.78 is 10.9. The number of carbonyl (C=O) groups is 3. The number of carbonyl (C=O) groups excluding carboxylic acids is 3. The predicted octanol–water partition coefficient (Wildman–Crippen LogP) is 4.49. The molecule has 2 amide bonds. The molecule has 1 fully saturated rings. The van der Waals surface area contributed by atoms with Crippen LogP contribution in [0.3, 0.4) is 0 Å². The molecule has 5 rings (SSSR count). The van der Waals surface area contributed by atoms with Crippen molar-refractivity contribution < 1.29 is 23.5 Å². The molecule has 9 nitrogen and oxygen atoms in total. The van der Waals surface area contributed by atoms with Crippen molar-refractivity contribution in [2.75, 3.05) is 26.2 Å². The van der Waals surface area contributed by atoms with Crippen molar-refractivity contribution in [2.24, 2.45) is 4.99 Å². The Morgan fingerprint density at radius 1 is 1.08 bits per heavy atom. The van der Waals surface area contributed by atoms with Crippen LogP contribution in [-0.2, 0) is 14.3 Å². The molecule has 0 aliphatic carbocycles. The summed E-state index contributed by atoms with van der Waals surface area (Å²) in [4.78, 5) is 49.6. The van der Waals surface area contributed by atoms with Gasteiger partial charge in [0.2, 0.25) is 5.91 Å². The van der Waals surface area contributed by atoms with E-state index in [9.17, 15) is 14.4 Å². The van der Waals surface area contributed by atoms with Gasteiger partial charge in [-0.3, -0.25) is 9.59 Å². The smallest absolute Gasteiger partial charge is 0.338 e. The number of esters is 1. The number of fused-ring (bicyclic) bond motifs is 1. The van der Waals surface area contributed by atoms with E-state index in [0.717, 1.165) is 22.0 Å². The summed E-state index contributed by atoms with van der Waals surface area (Å²) in [5.41, 5.74) is 3.88. The summed E-state index contributed by atoms with van der Waals surface area (Å²) in [5, 5.41) is 2.68. The molecule has 1 aromatic heterocycles. The van der Waals surface area contributed by atoms with Crippen LogP contribution < -0.4 is 0 Å². The van der Waals surface area contributed by atoms with Gasteiger partial charge in [-0.1, -0.05) is 41.6 Å². The Bertz CT molecular complexity index is 1370. The lowest BCUT2D eigenvalue weighted by atomic mass is 9.93. The van der Waals surface area contributed by atoms with Gasteiger partial charge in [-0.05, 0) is 50.8 Å². The van der Waals surface area contributed by atoms with Crippen LogP contribution in [0.25, 0.3) is 0 Å². The Kier molecular flexibility index (Phi) is 7.65. The maximum atomic E-state index is 13.4. The van der Waals surface area contributed by atoms with E-state index in [2.05, 4.69) is 6.07 Å². The van der Waals surface area contributed by atoms with Crippen molar-refractivity contribution in [3.63, 3.8) is 0 Å². The van der Waals surface area contributed by atoms with Gasteiger partial charge in [0.05, 0.1) is 36.1 Å². The third-order valence-corrected chi connectivity index (χ3v) is 7.79. The Morgan fingerprint density at radius 3 is 2.49 bits per heavy atom. The third kappa shape index (κ3) is 5.52. The minimum atomic E-state index is -0.458. The van der Waals surface area contributed by atoms with E-state index >= 15 is 0 Å². The average Bonchev–Trinajstić information content (AvgIpc) is 3.58. The first-order valence-corrected chi connectivity index (χ1v) is 13.9. The number of ether oxygens (including phenoxy) is 1. The Morgan fingerprint density at radius 2 is 1.82 bits per heavy atom. The largest absolute Gasteiger partial charge is 0.459 e. The van der Waals surface area contributed by atoms with Gasteiger partial charge in [0.15, 0.2) is 10.9 Å². The molecule has 1 unspecified atom stereocenters. The van der Waals surface area contributed by atoms with Gasteiger partial charge in [-0.2, -0.15) is 0 Å². The fraction of sp³-hybridized carbons (Fsp3) is 0.379. The zero-order valence-corrected chi connectivity index (χ0v) is 23.4. The molecule has 204 valence electrons. The third-order valence-electron chi connectivity index (χ3n) is 6.91. The fourth-order valence-electron chi connectivity index (χ4n) is 5.05. The van der Waals surface area contributed by atoms with E-state index in [1.807, 2.05) is 56.2 Å². The zero-order chi connectivity index (χ0) is 27.7. The zero-order valence-electron chi connectivity index (χ0n) is 22.5. The van der Waals surface area contributed by atoms with Gasteiger partial charge >= 0.3 is 5.97 Å². The second-order valence-electron chi connectivity index (χ2n) is 10.1. The van der Waals surface area contributed by atoms with Crippen molar-refractivity contribution in [1.82, 2.24) is 14.7 Å². The monoisotopic (exact) mass is 548 g/mol. The van der Waals surface area contributed by atoms with Crippen LogP contribution in [-0.4, -0.2) is 69.9 Å². The van der Waals surface area contributed by atoms with Crippen LogP contribution >= 0.6 is 11.8 Å². The Labute approximate surface area is 232 Å². The Balaban J connectivity index is 1.35. The van der Waals surface area contributed by atoms with E-state index in [4.69, 9.17) is 14.1 Å². The molecular formula is C29H32N4O5S. The number of piperazine rings is 1. The number of hydrogen-bond acceptors (Lipinski definition) is 8. The molecule has 0 bridgehead atoms. The summed E-state index contributed by atoms with van der Waals surface area (Å²) in [7, 11) is 0. The van der Waals surface area contributed by atoms with Crippen LogP contribution in [0, 0.1) is 6.92 Å². The number of rotatable bonds is 6. The van der Waals surface area contributed by atoms with Gasteiger partial charge in [-0.15, -0.1) is 0 Å². The maximum Gasteiger partial charge on any atom is 0.338 e. The van der Waals surface area contributed by atoms with E-state index in [1.165, 1.54) is 18.0 Å². The molecule has 3 aliphatic heterocycles. The standard InChI is InChI=1S/C29H32N4O5S/c1-18(2)38-28(36)25-20(4)30-29-33(26(25)21-8-5-7-19(3)15-21)22(17-39-29)16-24(34)31-10-12-32(13-11-31)27(35)23-9-6-14-37-23/h5-9,14-15,17-18,26H,10-13,16H2,1-4H3. The van der Waals surface area contributed by atoms with Gasteiger partial charge in [0, 0.05) is 31.9 Å². The molecule has 0 saturated carbocycles. The van der Waals surface area contributed by atoms with E-state index in [-0.39, 0.29) is 24.3 Å². The summed E-state index contributed by atoms with van der Waals surface area (Å²) in [6.07, 6.45) is 1.36. The number of nitrogens with zero attached hydrogens (tertiary/aromatic N) is 4. The van der Waals surface area contributed by atoms with Crippen molar-refractivity contribution in [1.29, 1.82) is 0 Å². The van der Waals surface area contributed by atoms with E-state index in [0.29, 0.717) is 43.2 Å². The van der Waals surface area contributed by atoms with Crippen LogP contribution in [0.5, 0.6) is 0 Å². The molecule has 10 heteroatoms. The first-order valence-electron chi connectivity index (χ1n) is 13.1. The minimum Gasteiger partial charge on any atom is -0.459 e. The molecule has 1 aromatic carbocycles. The number of aryl methyl sites for hydroxylation is 1. The molecule has 2 aromatic rings. The highest BCUT2D eigenvalue weighted by Gasteiger charge is 2.42. The fourth-order valence-corrected chi connectivity index (χ4v) is 6.01.